The summed E-state index contributed by atoms with van der Waals surface area (Å²) in [5.41, 5.74) is 0.400. The fraction of sp³-hybridized carbons (Fsp3) is 1.00. The smallest absolute Gasteiger partial charge is 0.0531 e. The lowest BCUT2D eigenvalue weighted by Gasteiger charge is -2.24. The van der Waals surface area contributed by atoms with Gasteiger partial charge >= 0.3 is 0 Å². The van der Waals surface area contributed by atoms with Gasteiger partial charge in [0.2, 0.25) is 0 Å². The molecule has 0 radical (unpaired) electrons. The van der Waals surface area contributed by atoms with Gasteiger partial charge in [-0.1, -0.05) is 15.9 Å². The molecule has 1 fully saturated rings. The molecule has 1 atom stereocenters. The SMILES string of the molecule is CCOCCCC1(CBr)CCOC1. The van der Waals surface area contributed by atoms with E-state index in [0.717, 1.165) is 38.2 Å². The first-order valence-electron chi connectivity index (χ1n) is 5.04. The third-order valence-electron chi connectivity index (χ3n) is 2.67. The highest BCUT2D eigenvalue weighted by Gasteiger charge is 2.32. The lowest BCUT2D eigenvalue weighted by Crippen LogP contribution is -2.23. The summed E-state index contributed by atoms with van der Waals surface area (Å²) in [6, 6.07) is 0. The summed E-state index contributed by atoms with van der Waals surface area (Å²) in [6.45, 7) is 5.62. The maximum Gasteiger partial charge on any atom is 0.0531 e. The first-order valence-corrected chi connectivity index (χ1v) is 6.16. The minimum absolute atomic E-state index is 0.400. The Kier molecular flexibility index (Phi) is 5.29. The van der Waals surface area contributed by atoms with Gasteiger partial charge in [0, 0.05) is 30.6 Å². The van der Waals surface area contributed by atoms with Crippen LogP contribution >= 0.6 is 15.9 Å². The minimum atomic E-state index is 0.400. The van der Waals surface area contributed by atoms with Crippen molar-refractivity contribution in [1.29, 1.82) is 0 Å². The molecule has 0 aromatic rings. The third kappa shape index (κ3) is 3.56. The van der Waals surface area contributed by atoms with E-state index in [9.17, 15) is 0 Å². The fourth-order valence-electron chi connectivity index (χ4n) is 1.71. The zero-order valence-electron chi connectivity index (χ0n) is 8.35. The van der Waals surface area contributed by atoms with Gasteiger partial charge in [-0.2, -0.15) is 0 Å². The lowest BCUT2D eigenvalue weighted by molar-refractivity contribution is 0.120. The number of halogens is 1. The van der Waals surface area contributed by atoms with Crippen LogP contribution in [0.4, 0.5) is 0 Å². The molecular weight excluding hydrogens is 232 g/mol. The van der Waals surface area contributed by atoms with Gasteiger partial charge in [0.15, 0.2) is 0 Å². The van der Waals surface area contributed by atoms with Crippen LogP contribution in [-0.4, -0.2) is 31.8 Å². The summed E-state index contributed by atoms with van der Waals surface area (Å²) in [5, 5.41) is 1.06. The Bertz CT molecular complexity index is 133. The van der Waals surface area contributed by atoms with Gasteiger partial charge in [0.05, 0.1) is 6.61 Å². The van der Waals surface area contributed by atoms with E-state index in [-0.39, 0.29) is 0 Å². The molecule has 0 saturated carbocycles. The quantitative estimate of drug-likeness (QED) is 0.533. The highest BCUT2D eigenvalue weighted by atomic mass is 79.9. The average molecular weight is 251 g/mol. The number of alkyl halides is 1. The summed E-state index contributed by atoms with van der Waals surface area (Å²) in [6.07, 6.45) is 3.57. The van der Waals surface area contributed by atoms with E-state index in [1.165, 1.54) is 12.8 Å². The van der Waals surface area contributed by atoms with Crippen LogP contribution in [-0.2, 0) is 9.47 Å². The van der Waals surface area contributed by atoms with Crippen LogP contribution in [0.1, 0.15) is 26.2 Å². The second-order valence-electron chi connectivity index (χ2n) is 3.74. The largest absolute Gasteiger partial charge is 0.382 e. The standard InChI is InChI=1S/C10H19BrO2/c1-2-12-6-3-4-10(8-11)5-7-13-9-10/h2-9H2,1H3. The molecular formula is C10H19BrO2. The van der Waals surface area contributed by atoms with E-state index in [2.05, 4.69) is 15.9 Å². The Morgan fingerprint density at radius 1 is 1.54 bits per heavy atom. The van der Waals surface area contributed by atoms with Crippen molar-refractivity contribution in [3.63, 3.8) is 0 Å². The molecule has 0 spiro atoms. The molecule has 1 heterocycles. The first kappa shape index (κ1) is 11.5. The highest BCUT2D eigenvalue weighted by Crippen LogP contribution is 2.35. The van der Waals surface area contributed by atoms with E-state index >= 15 is 0 Å². The molecule has 1 aliphatic heterocycles. The maximum absolute atomic E-state index is 5.44. The maximum atomic E-state index is 5.44. The zero-order valence-corrected chi connectivity index (χ0v) is 9.94. The normalized spacial score (nSPS) is 28.2. The molecule has 13 heavy (non-hydrogen) atoms. The van der Waals surface area contributed by atoms with Gasteiger partial charge in [-0.25, -0.2) is 0 Å². The Balaban J connectivity index is 2.16. The van der Waals surface area contributed by atoms with Crippen LogP contribution in [0.5, 0.6) is 0 Å². The molecule has 0 aromatic heterocycles. The molecule has 2 nitrogen and oxygen atoms in total. The molecule has 1 saturated heterocycles. The highest BCUT2D eigenvalue weighted by molar-refractivity contribution is 9.09. The van der Waals surface area contributed by atoms with Crippen LogP contribution in [0.3, 0.4) is 0 Å². The van der Waals surface area contributed by atoms with Crippen LogP contribution in [0.15, 0.2) is 0 Å². The van der Waals surface area contributed by atoms with Crippen molar-refractivity contribution >= 4 is 15.9 Å². The summed E-state index contributed by atoms with van der Waals surface area (Å²) in [4.78, 5) is 0. The third-order valence-corrected chi connectivity index (χ3v) is 3.86. The molecule has 1 aliphatic rings. The Labute approximate surface area is 89.1 Å². The van der Waals surface area contributed by atoms with Crippen LogP contribution in [0, 0.1) is 5.41 Å². The molecule has 1 rings (SSSR count). The first-order chi connectivity index (χ1) is 6.33. The van der Waals surface area contributed by atoms with Crippen molar-refractivity contribution in [2.75, 3.05) is 31.8 Å². The molecule has 0 amide bonds. The van der Waals surface area contributed by atoms with Crippen molar-refractivity contribution in [2.45, 2.75) is 26.2 Å². The number of rotatable bonds is 6. The van der Waals surface area contributed by atoms with Gasteiger partial charge in [-0.05, 0) is 26.2 Å². The molecule has 78 valence electrons. The van der Waals surface area contributed by atoms with Crippen molar-refractivity contribution in [2.24, 2.45) is 5.41 Å². The monoisotopic (exact) mass is 250 g/mol. The van der Waals surface area contributed by atoms with Gasteiger partial charge in [-0.3, -0.25) is 0 Å². The number of hydrogen-bond donors (Lipinski definition) is 0. The summed E-state index contributed by atoms with van der Waals surface area (Å²) >= 11 is 3.58. The van der Waals surface area contributed by atoms with Crippen molar-refractivity contribution in [1.82, 2.24) is 0 Å². The van der Waals surface area contributed by atoms with Gasteiger partial charge in [0.25, 0.3) is 0 Å². The Morgan fingerprint density at radius 3 is 2.92 bits per heavy atom. The fourth-order valence-corrected chi connectivity index (χ4v) is 2.44. The van der Waals surface area contributed by atoms with Gasteiger partial charge in [0.1, 0.15) is 0 Å². The van der Waals surface area contributed by atoms with E-state index < -0.39 is 0 Å². The van der Waals surface area contributed by atoms with Gasteiger partial charge in [-0.15, -0.1) is 0 Å². The van der Waals surface area contributed by atoms with E-state index in [1.54, 1.807) is 0 Å². The molecule has 0 aromatic carbocycles. The topological polar surface area (TPSA) is 18.5 Å². The Hall–Kier alpha value is 0.400. The van der Waals surface area contributed by atoms with E-state index in [0.29, 0.717) is 5.41 Å². The number of hydrogen-bond acceptors (Lipinski definition) is 2. The van der Waals surface area contributed by atoms with Crippen LogP contribution in [0.25, 0.3) is 0 Å². The van der Waals surface area contributed by atoms with Crippen LogP contribution < -0.4 is 0 Å². The summed E-state index contributed by atoms with van der Waals surface area (Å²) < 4.78 is 10.8. The second-order valence-corrected chi connectivity index (χ2v) is 4.30. The predicted molar refractivity (Wildman–Crippen MR) is 57.4 cm³/mol. The number of ether oxygens (including phenoxy) is 2. The predicted octanol–water partition coefficient (Wildman–Crippen LogP) is 2.60. The van der Waals surface area contributed by atoms with Crippen molar-refractivity contribution in [3.05, 3.63) is 0 Å². The summed E-state index contributed by atoms with van der Waals surface area (Å²) in [5.74, 6) is 0. The van der Waals surface area contributed by atoms with Crippen molar-refractivity contribution in [3.8, 4) is 0 Å². The van der Waals surface area contributed by atoms with E-state index in [4.69, 9.17) is 9.47 Å². The van der Waals surface area contributed by atoms with E-state index in [1.807, 2.05) is 6.92 Å². The minimum Gasteiger partial charge on any atom is -0.382 e. The molecule has 1 unspecified atom stereocenters. The molecule has 0 aliphatic carbocycles. The molecule has 3 heteroatoms. The molecule has 0 bridgehead atoms. The lowest BCUT2D eigenvalue weighted by atomic mass is 9.85. The van der Waals surface area contributed by atoms with Crippen LogP contribution in [0.2, 0.25) is 0 Å². The second kappa shape index (κ2) is 5.99. The molecule has 0 N–H and O–H groups in total. The van der Waals surface area contributed by atoms with Gasteiger partial charge < -0.3 is 9.47 Å². The Morgan fingerprint density at radius 2 is 2.38 bits per heavy atom. The average Bonchev–Trinajstić information content (AvgIpc) is 2.62. The van der Waals surface area contributed by atoms with Crippen molar-refractivity contribution < 1.29 is 9.47 Å². The summed E-state index contributed by atoms with van der Waals surface area (Å²) in [7, 11) is 0. The zero-order chi connectivity index (χ0) is 9.57.